The second-order valence-corrected chi connectivity index (χ2v) is 8.02. The van der Waals surface area contributed by atoms with Gasteiger partial charge in [0, 0.05) is 25.7 Å². The van der Waals surface area contributed by atoms with Crippen LogP contribution in [0.2, 0.25) is 0 Å². The fourth-order valence-corrected chi connectivity index (χ4v) is 3.97. The van der Waals surface area contributed by atoms with Crippen molar-refractivity contribution < 1.29 is 33.4 Å². The van der Waals surface area contributed by atoms with Gasteiger partial charge in [-0.3, -0.25) is 9.69 Å². The van der Waals surface area contributed by atoms with Gasteiger partial charge in [-0.2, -0.15) is 0 Å². The molecule has 0 atom stereocenters. The van der Waals surface area contributed by atoms with Gasteiger partial charge in [0.25, 0.3) is 5.91 Å². The molecule has 35 heavy (non-hydrogen) atoms. The number of carboxylic acid groups (broad SMARTS) is 2. The Bertz CT molecular complexity index is 1100. The SMILES string of the molecule is O=C(O)C(=O)O.O=C(c1ccco1)N(c1ccccc1F)C1CCN(CCc2ccccc2)CC1. The summed E-state index contributed by atoms with van der Waals surface area (Å²) in [5.41, 5.74) is 1.65. The molecule has 0 radical (unpaired) electrons. The molecule has 184 valence electrons. The molecule has 8 nitrogen and oxygen atoms in total. The highest BCUT2D eigenvalue weighted by Gasteiger charge is 2.32. The Kier molecular flexibility index (Phi) is 9.14. The highest BCUT2D eigenvalue weighted by Crippen LogP contribution is 2.28. The molecule has 9 heteroatoms. The van der Waals surface area contributed by atoms with Crippen LogP contribution >= 0.6 is 0 Å². The molecule has 4 rings (SSSR count). The monoisotopic (exact) mass is 482 g/mol. The number of carbonyl (C=O) groups is 3. The molecule has 1 aromatic heterocycles. The minimum absolute atomic E-state index is 0.0579. The highest BCUT2D eigenvalue weighted by molar-refractivity contribution is 6.27. The van der Waals surface area contributed by atoms with Crippen molar-refractivity contribution in [3.8, 4) is 0 Å². The first-order valence-corrected chi connectivity index (χ1v) is 11.2. The maximum Gasteiger partial charge on any atom is 0.414 e. The van der Waals surface area contributed by atoms with Gasteiger partial charge in [0.05, 0.1) is 12.0 Å². The third-order valence-corrected chi connectivity index (χ3v) is 5.73. The van der Waals surface area contributed by atoms with E-state index in [1.54, 1.807) is 35.2 Å². The van der Waals surface area contributed by atoms with E-state index in [2.05, 4.69) is 29.2 Å². The summed E-state index contributed by atoms with van der Waals surface area (Å²) in [7, 11) is 0. The van der Waals surface area contributed by atoms with Crippen molar-refractivity contribution in [1.29, 1.82) is 0 Å². The molecule has 1 aliphatic heterocycles. The van der Waals surface area contributed by atoms with Gasteiger partial charge in [0.2, 0.25) is 0 Å². The molecular weight excluding hydrogens is 455 g/mol. The summed E-state index contributed by atoms with van der Waals surface area (Å²) in [6, 6.07) is 20.2. The molecule has 2 aromatic carbocycles. The molecule has 0 aliphatic carbocycles. The van der Waals surface area contributed by atoms with Crippen molar-refractivity contribution in [2.24, 2.45) is 0 Å². The molecule has 0 bridgehead atoms. The Morgan fingerprint density at radius 1 is 0.914 bits per heavy atom. The predicted molar refractivity (Wildman–Crippen MR) is 127 cm³/mol. The van der Waals surface area contributed by atoms with E-state index in [-0.39, 0.29) is 23.5 Å². The maximum atomic E-state index is 14.5. The van der Waals surface area contributed by atoms with Crippen molar-refractivity contribution in [3.63, 3.8) is 0 Å². The fraction of sp³-hybridized carbons (Fsp3) is 0.269. The average Bonchev–Trinajstić information content (AvgIpc) is 3.41. The third-order valence-electron chi connectivity index (χ3n) is 5.73. The molecule has 2 heterocycles. The number of hydrogen-bond acceptors (Lipinski definition) is 5. The molecule has 1 fully saturated rings. The summed E-state index contributed by atoms with van der Waals surface area (Å²) in [6.45, 7) is 2.75. The lowest BCUT2D eigenvalue weighted by atomic mass is 10.0. The second kappa shape index (κ2) is 12.5. The zero-order chi connectivity index (χ0) is 25.2. The number of hydrogen-bond donors (Lipinski definition) is 2. The number of benzene rings is 2. The van der Waals surface area contributed by atoms with Gasteiger partial charge >= 0.3 is 11.9 Å². The van der Waals surface area contributed by atoms with Gasteiger partial charge in [0.1, 0.15) is 5.82 Å². The van der Waals surface area contributed by atoms with Crippen molar-refractivity contribution in [2.75, 3.05) is 24.5 Å². The van der Waals surface area contributed by atoms with E-state index in [9.17, 15) is 9.18 Å². The Morgan fingerprint density at radius 2 is 1.54 bits per heavy atom. The van der Waals surface area contributed by atoms with E-state index in [1.807, 2.05) is 6.07 Å². The number of rotatable bonds is 6. The number of anilines is 1. The van der Waals surface area contributed by atoms with Crippen LogP contribution in [0.15, 0.2) is 77.4 Å². The number of halogens is 1. The van der Waals surface area contributed by atoms with Gasteiger partial charge < -0.3 is 19.5 Å². The second-order valence-electron chi connectivity index (χ2n) is 8.02. The number of likely N-dealkylation sites (tertiary alicyclic amines) is 1. The van der Waals surface area contributed by atoms with Crippen LogP contribution in [0.1, 0.15) is 29.0 Å². The van der Waals surface area contributed by atoms with E-state index in [4.69, 9.17) is 24.2 Å². The summed E-state index contributed by atoms with van der Waals surface area (Å²) in [5.74, 6) is -4.09. The van der Waals surface area contributed by atoms with Crippen LogP contribution < -0.4 is 4.90 Å². The van der Waals surface area contributed by atoms with Crippen LogP contribution in [0.3, 0.4) is 0 Å². The van der Waals surface area contributed by atoms with Crippen LogP contribution in [0.25, 0.3) is 0 Å². The number of nitrogens with zero attached hydrogens (tertiary/aromatic N) is 2. The largest absolute Gasteiger partial charge is 0.473 e. The third kappa shape index (κ3) is 7.25. The lowest BCUT2D eigenvalue weighted by Gasteiger charge is -2.38. The van der Waals surface area contributed by atoms with E-state index in [0.717, 1.165) is 38.9 Å². The van der Waals surface area contributed by atoms with Gasteiger partial charge in [-0.25, -0.2) is 14.0 Å². The summed E-state index contributed by atoms with van der Waals surface area (Å²) in [6.07, 6.45) is 4.08. The first-order valence-electron chi connectivity index (χ1n) is 11.2. The van der Waals surface area contributed by atoms with Gasteiger partial charge in [0.15, 0.2) is 5.76 Å². The summed E-state index contributed by atoms with van der Waals surface area (Å²) in [4.78, 5) is 35.3. The topological polar surface area (TPSA) is 111 Å². The number of furan rings is 1. The van der Waals surface area contributed by atoms with E-state index >= 15 is 0 Å². The molecule has 1 aliphatic rings. The van der Waals surface area contributed by atoms with E-state index in [1.165, 1.54) is 17.9 Å². The molecule has 0 unspecified atom stereocenters. The summed E-state index contributed by atoms with van der Waals surface area (Å²) < 4.78 is 19.9. The van der Waals surface area contributed by atoms with Gasteiger partial charge in [-0.1, -0.05) is 42.5 Å². The van der Waals surface area contributed by atoms with Crippen LogP contribution in [0.4, 0.5) is 10.1 Å². The first kappa shape index (κ1) is 25.6. The van der Waals surface area contributed by atoms with Crippen LogP contribution in [-0.4, -0.2) is 58.6 Å². The lowest BCUT2D eigenvalue weighted by molar-refractivity contribution is -0.159. The Balaban J connectivity index is 0.000000509. The van der Waals surface area contributed by atoms with Gasteiger partial charge in [-0.05, 0) is 49.1 Å². The smallest absolute Gasteiger partial charge is 0.414 e. The molecule has 1 amide bonds. The Morgan fingerprint density at radius 3 is 2.11 bits per heavy atom. The van der Waals surface area contributed by atoms with Crippen LogP contribution in [0.5, 0.6) is 0 Å². The summed E-state index contributed by atoms with van der Waals surface area (Å²) in [5, 5.41) is 14.8. The van der Waals surface area contributed by atoms with Gasteiger partial charge in [-0.15, -0.1) is 0 Å². The molecule has 1 saturated heterocycles. The number of para-hydroxylation sites is 1. The normalized spacial score (nSPS) is 14.0. The zero-order valence-corrected chi connectivity index (χ0v) is 19.0. The number of carbonyl (C=O) groups excluding carboxylic acids is 1. The molecule has 0 spiro atoms. The Labute approximate surface area is 202 Å². The van der Waals surface area contributed by atoms with E-state index in [0.29, 0.717) is 5.69 Å². The standard InChI is InChI=1S/C24H25FN2O2.C2H2O4/c25-21-9-4-5-10-22(21)27(24(28)23-11-6-18-29-23)20-13-16-26(17-14-20)15-12-19-7-2-1-3-8-19;3-1(4)2(5)6/h1-11,18,20H,12-17H2;(H,3,4)(H,5,6). The highest BCUT2D eigenvalue weighted by atomic mass is 19.1. The number of carboxylic acids is 2. The minimum Gasteiger partial charge on any atom is -0.473 e. The lowest BCUT2D eigenvalue weighted by Crippen LogP contribution is -2.48. The number of piperidine rings is 1. The molecule has 3 aromatic rings. The summed E-state index contributed by atoms with van der Waals surface area (Å²) >= 11 is 0. The van der Waals surface area contributed by atoms with Crippen molar-refractivity contribution in [1.82, 2.24) is 4.90 Å². The maximum absolute atomic E-state index is 14.5. The number of amides is 1. The van der Waals surface area contributed by atoms with Crippen LogP contribution in [0, 0.1) is 5.82 Å². The minimum atomic E-state index is -1.82. The Hall–Kier alpha value is -3.98. The molecule has 2 N–H and O–H groups in total. The zero-order valence-electron chi connectivity index (χ0n) is 19.0. The fourth-order valence-electron chi connectivity index (χ4n) is 3.97. The van der Waals surface area contributed by atoms with Crippen molar-refractivity contribution in [3.05, 3.63) is 90.1 Å². The van der Waals surface area contributed by atoms with Crippen LogP contribution in [-0.2, 0) is 16.0 Å². The van der Waals surface area contributed by atoms with Crippen molar-refractivity contribution >= 4 is 23.5 Å². The average molecular weight is 483 g/mol. The molecule has 0 saturated carbocycles. The molecular formula is C26H27FN2O6. The van der Waals surface area contributed by atoms with E-state index < -0.39 is 11.9 Å². The first-order chi connectivity index (χ1) is 16.9. The number of aliphatic carboxylic acids is 2. The predicted octanol–water partition coefficient (Wildman–Crippen LogP) is 3.93. The quantitative estimate of drug-likeness (QED) is 0.512. The van der Waals surface area contributed by atoms with Crippen molar-refractivity contribution in [2.45, 2.75) is 25.3 Å².